The summed E-state index contributed by atoms with van der Waals surface area (Å²) in [5, 5.41) is 11.1. The molecule has 2 heterocycles. The number of carbonyl (C=O) groups is 1. The van der Waals surface area contributed by atoms with E-state index in [-0.39, 0.29) is 5.97 Å². The van der Waals surface area contributed by atoms with Crippen molar-refractivity contribution in [2.75, 3.05) is 44.2 Å². The van der Waals surface area contributed by atoms with Gasteiger partial charge in [0, 0.05) is 42.8 Å². The van der Waals surface area contributed by atoms with Crippen molar-refractivity contribution in [2.45, 2.75) is 13.3 Å². The van der Waals surface area contributed by atoms with Crippen molar-refractivity contribution in [3.63, 3.8) is 0 Å². The zero-order chi connectivity index (χ0) is 18.5. The highest BCUT2D eigenvalue weighted by molar-refractivity contribution is 6.31. The van der Waals surface area contributed by atoms with E-state index < -0.39 is 0 Å². The topological polar surface area (TPSA) is 69.5 Å². The Morgan fingerprint density at radius 3 is 2.96 bits per heavy atom. The van der Waals surface area contributed by atoms with E-state index in [1.807, 2.05) is 19.1 Å². The highest BCUT2D eigenvalue weighted by Crippen LogP contribution is 2.31. The number of aromatic nitrogens is 1. The number of anilines is 1. The average Bonchev–Trinajstić information content (AvgIpc) is 2.86. The summed E-state index contributed by atoms with van der Waals surface area (Å²) < 4.78 is 5.04. The quantitative estimate of drug-likeness (QED) is 0.769. The van der Waals surface area contributed by atoms with E-state index in [0.29, 0.717) is 23.7 Å². The number of carbonyl (C=O) groups excluding carboxylic acids is 1. The zero-order valence-corrected chi connectivity index (χ0v) is 15.5. The van der Waals surface area contributed by atoms with Crippen molar-refractivity contribution in [2.24, 2.45) is 0 Å². The van der Waals surface area contributed by atoms with Gasteiger partial charge in [-0.15, -0.1) is 0 Å². The second-order valence-electron chi connectivity index (χ2n) is 6.22. The van der Waals surface area contributed by atoms with Crippen LogP contribution >= 0.6 is 11.6 Å². The van der Waals surface area contributed by atoms with E-state index in [1.54, 1.807) is 12.3 Å². The average molecular weight is 373 g/mol. The van der Waals surface area contributed by atoms with Gasteiger partial charge in [0.15, 0.2) is 0 Å². The number of hydrogen-bond donors (Lipinski definition) is 0. The molecule has 26 heavy (non-hydrogen) atoms. The zero-order valence-electron chi connectivity index (χ0n) is 14.7. The number of ether oxygens (including phenoxy) is 1. The van der Waals surface area contributed by atoms with Crippen LogP contribution in [0.1, 0.15) is 18.9 Å². The Morgan fingerprint density at radius 1 is 1.35 bits per heavy atom. The highest BCUT2D eigenvalue weighted by Gasteiger charge is 2.21. The van der Waals surface area contributed by atoms with Crippen molar-refractivity contribution in [3.05, 3.63) is 35.0 Å². The van der Waals surface area contributed by atoms with Crippen molar-refractivity contribution < 1.29 is 9.53 Å². The van der Waals surface area contributed by atoms with Gasteiger partial charge in [0.2, 0.25) is 0 Å². The van der Waals surface area contributed by atoms with Gasteiger partial charge in [0.05, 0.1) is 29.9 Å². The monoisotopic (exact) mass is 372 g/mol. The molecule has 1 aromatic heterocycles. The van der Waals surface area contributed by atoms with Gasteiger partial charge in [-0.2, -0.15) is 5.26 Å². The lowest BCUT2D eigenvalue weighted by molar-refractivity contribution is -0.144. The lowest BCUT2D eigenvalue weighted by Crippen LogP contribution is -2.35. The van der Waals surface area contributed by atoms with E-state index in [4.69, 9.17) is 16.3 Å². The number of benzene rings is 1. The van der Waals surface area contributed by atoms with Crippen LogP contribution in [0.15, 0.2) is 24.4 Å². The molecule has 0 atom stereocenters. The first-order valence-corrected chi connectivity index (χ1v) is 9.11. The number of hydrogen-bond acceptors (Lipinski definition) is 6. The van der Waals surface area contributed by atoms with E-state index in [9.17, 15) is 10.1 Å². The fourth-order valence-electron chi connectivity index (χ4n) is 3.32. The number of esters is 1. The molecule has 1 saturated heterocycles. The Bertz CT molecular complexity index is 849. The van der Waals surface area contributed by atoms with Crippen molar-refractivity contribution >= 4 is 34.2 Å². The van der Waals surface area contributed by atoms with E-state index in [1.165, 1.54) is 0 Å². The lowest BCUT2D eigenvalue weighted by atomic mass is 10.1. The van der Waals surface area contributed by atoms with Crippen LogP contribution in [0.3, 0.4) is 0 Å². The van der Waals surface area contributed by atoms with Gasteiger partial charge in [0.1, 0.15) is 6.07 Å². The fourth-order valence-corrected chi connectivity index (χ4v) is 3.49. The molecule has 2 aromatic rings. The van der Waals surface area contributed by atoms with E-state index in [0.717, 1.165) is 49.2 Å². The number of rotatable bonds is 4. The van der Waals surface area contributed by atoms with Crippen LogP contribution in [0.2, 0.25) is 5.02 Å². The van der Waals surface area contributed by atoms with Crippen LogP contribution in [-0.4, -0.2) is 55.2 Å². The Labute approximate surface area is 157 Å². The number of nitrogens with zero attached hydrogens (tertiary/aromatic N) is 4. The fraction of sp³-hybridized carbons (Fsp3) is 0.421. The molecule has 0 spiro atoms. The van der Waals surface area contributed by atoms with Gasteiger partial charge >= 0.3 is 5.97 Å². The second kappa shape index (κ2) is 8.35. The summed E-state index contributed by atoms with van der Waals surface area (Å²) in [6, 6.07) is 7.78. The molecular formula is C19H21ClN4O2. The molecule has 3 rings (SSSR count). The van der Waals surface area contributed by atoms with Crippen LogP contribution in [-0.2, 0) is 9.53 Å². The number of pyridine rings is 1. The molecule has 1 aromatic carbocycles. The van der Waals surface area contributed by atoms with Gasteiger partial charge < -0.3 is 9.64 Å². The molecule has 0 aliphatic carbocycles. The van der Waals surface area contributed by atoms with E-state index in [2.05, 4.69) is 20.9 Å². The summed E-state index contributed by atoms with van der Waals surface area (Å²) in [5.74, 6) is -0.195. The van der Waals surface area contributed by atoms with Crippen molar-refractivity contribution in [1.29, 1.82) is 5.26 Å². The first kappa shape index (κ1) is 18.4. The Kier molecular flexibility index (Phi) is 5.92. The maximum Gasteiger partial charge on any atom is 0.320 e. The molecule has 1 aliphatic rings. The van der Waals surface area contributed by atoms with Crippen LogP contribution in [0.25, 0.3) is 10.9 Å². The highest BCUT2D eigenvalue weighted by atomic mass is 35.5. The molecular weight excluding hydrogens is 352 g/mol. The SMILES string of the molecule is CCOC(=O)CN1CCCN(c2c(C#N)cnc3ccc(Cl)cc23)CC1. The van der Waals surface area contributed by atoms with Crippen LogP contribution < -0.4 is 4.90 Å². The molecule has 0 saturated carbocycles. The number of nitriles is 1. The lowest BCUT2D eigenvalue weighted by Gasteiger charge is -2.25. The summed E-state index contributed by atoms with van der Waals surface area (Å²) in [5.41, 5.74) is 2.23. The molecule has 0 bridgehead atoms. The predicted octanol–water partition coefficient (Wildman–Crippen LogP) is 2.84. The smallest absolute Gasteiger partial charge is 0.320 e. The Hall–Kier alpha value is -2.36. The minimum atomic E-state index is -0.195. The van der Waals surface area contributed by atoms with E-state index >= 15 is 0 Å². The molecule has 7 heteroatoms. The molecule has 0 N–H and O–H groups in total. The molecule has 6 nitrogen and oxygen atoms in total. The minimum Gasteiger partial charge on any atom is -0.465 e. The van der Waals surface area contributed by atoms with Gasteiger partial charge in [-0.05, 0) is 31.5 Å². The maximum atomic E-state index is 11.7. The van der Waals surface area contributed by atoms with Crippen LogP contribution in [0.5, 0.6) is 0 Å². The number of halogens is 1. The van der Waals surface area contributed by atoms with Crippen LogP contribution in [0, 0.1) is 11.3 Å². The first-order valence-electron chi connectivity index (χ1n) is 8.73. The minimum absolute atomic E-state index is 0.195. The van der Waals surface area contributed by atoms with Gasteiger partial charge in [-0.25, -0.2) is 0 Å². The molecule has 1 aliphatic heterocycles. The molecule has 0 amide bonds. The number of fused-ring (bicyclic) bond motifs is 1. The Morgan fingerprint density at radius 2 is 2.19 bits per heavy atom. The van der Waals surface area contributed by atoms with Crippen molar-refractivity contribution in [3.8, 4) is 6.07 Å². The summed E-state index contributed by atoms with van der Waals surface area (Å²) >= 11 is 6.18. The molecule has 1 fully saturated rings. The summed E-state index contributed by atoms with van der Waals surface area (Å²) in [7, 11) is 0. The standard InChI is InChI=1S/C19H21ClN4O2/c1-2-26-18(25)13-23-6-3-7-24(9-8-23)19-14(11-21)12-22-17-5-4-15(20)10-16(17)19/h4-5,10,12H,2-3,6-9,13H2,1H3. The summed E-state index contributed by atoms with van der Waals surface area (Å²) in [6.45, 7) is 5.59. The third-order valence-electron chi connectivity index (χ3n) is 4.48. The van der Waals surface area contributed by atoms with Gasteiger partial charge in [-0.1, -0.05) is 11.6 Å². The third kappa shape index (κ3) is 4.06. The summed E-state index contributed by atoms with van der Waals surface area (Å²) in [4.78, 5) is 20.4. The van der Waals surface area contributed by atoms with Gasteiger partial charge in [0.25, 0.3) is 0 Å². The normalized spacial score (nSPS) is 15.5. The second-order valence-corrected chi connectivity index (χ2v) is 6.65. The molecule has 0 unspecified atom stereocenters. The molecule has 136 valence electrons. The predicted molar refractivity (Wildman–Crippen MR) is 101 cm³/mol. The summed E-state index contributed by atoms with van der Waals surface area (Å²) in [6.07, 6.45) is 2.52. The molecule has 0 radical (unpaired) electrons. The van der Waals surface area contributed by atoms with Crippen molar-refractivity contribution in [1.82, 2.24) is 9.88 Å². The van der Waals surface area contributed by atoms with Gasteiger partial charge in [-0.3, -0.25) is 14.7 Å². The largest absolute Gasteiger partial charge is 0.465 e. The van der Waals surface area contributed by atoms with Crippen LogP contribution in [0.4, 0.5) is 5.69 Å². The maximum absolute atomic E-state index is 11.7. The Balaban J connectivity index is 1.86. The first-order chi connectivity index (χ1) is 12.6. The third-order valence-corrected chi connectivity index (χ3v) is 4.72.